The maximum atomic E-state index is 11.9. The summed E-state index contributed by atoms with van der Waals surface area (Å²) in [6.07, 6.45) is 0. The number of carbonyl (C=O) groups excluding carboxylic acids is 3. The molecule has 2 rings (SSSR count). The Morgan fingerprint density at radius 1 is 0.784 bits per heavy atom. The van der Waals surface area contributed by atoms with Gasteiger partial charge < -0.3 is 25.6 Å². The number of hydrogen-bond donors (Lipinski definition) is 3. The zero-order chi connectivity index (χ0) is 28.7. The van der Waals surface area contributed by atoms with Crippen molar-refractivity contribution in [1.82, 2.24) is 5.32 Å². The molecule has 204 valence electrons. The van der Waals surface area contributed by atoms with Crippen molar-refractivity contribution in [2.75, 3.05) is 26.3 Å². The number of aryl methyl sites for hydroxylation is 4. The van der Waals surface area contributed by atoms with Gasteiger partial charge in [0.15, 0.2) is 0 Å². The quantitative estimate of drug-likeness (QED) is 0.282. The molecule has 0 saturated heterocycles. The number of carbonyl (C=O) groups is 4. The Morgan fingerprint density at radius 3 is 1.59 bits per heavy atom. The lowest BCUT2D eigenvalue weighted by Gasteiger charge is -2.09. The van der Waals surface area contributed by atoms with E-state index in [0.717, 1.165) is 29.4 Å². The number of ether oxygens (including phenoxy) is 2. The van der Waals surface area contributed by atoms with Crippen molar-refractivity contribution in [3.05, 3.63) is 64.8 Å². The van der Waals surface area contributed by atoms with Crippen LogP contribution in [0.15, 0.2) is 24.3 Å². The summed E-state index contributed by atoms with van der Waals surface area (Å²) >= 11 is 4.15. The molecule has 0 bridgehead atoms. The number of amides is 1. The highest BCUT2D eigenvalue weighted by molar-refractivity contribution is 14.1. The molecule has 9 nitrogen and oxygen atoms in total. The third kappa shape index (κ3) is 13.2. The fourth-order valence-electron chi connectivity index (χ4n) is 2.58. The number of carboxylic acid groups (broad SMARTS) is 1. The second kappa shape index (κ2) is 18.1. The molecule has 1 amide bonds. The van der Waals surface area contributed by atoms with Crippen LogP contribution in [-0.4, -0.2) is 55.2 Å². The number of hydrogen-bond acceptors (Lipinski definition) is 7. The first-order valence-electron chi connectivity index (χ1n) is 11.3. The van der Waals surface area contributed by atoms with Crippen LogP contribution < -0.4 is 11.1 Å². The molecule has 2 aromatic rings. The topological polar surface area (TPSA) is 145 Å². The lowest BCUT2D eigenvalue weighted by atomic mass is 10.1. The van der Waals surface area contributed by atoms with E-state index in [0.29, 0.717) is 24.3 Å². The van der Waals surface area contributed by atoms with Gasteiger partial charge in [0.25, 0.3) is 5.91 Å². The summed E-state index contributed by atoms with van der Waals surface area (Å²) in [5.41, 5.74) is 10.2. The van der Waals surface area contributed by atoms with Crippen molar-refractivity contribution < 1.29 is 33.8 Å². The third-order valence-corrected chi connectivity index (χ3v) is 6.60. The van der Waals surface area contributed by atoms with E-state index in [1.54, 1.807) is 19.9 Å². The van der Waals surface area contributed by atoms with Gasteiger partial charge >= 0.3 is 17.9 Å². The molecule has 0 aliphatic heterocycles. The Bertz CT molecular complexity index is 1100. The van der Waals surface area contributed by atoms with E-state index >= 15 is 0 Å². The minimum atomic E-state index is -0.859. The molecule has 0 unspecified atom stereocenters. The van der Waals surface area contributed by atoms with Crippen LogP contribution in [0.2, 0.25) is 0 Å². The summed E-state index contributed by atoms with van der Waals surface area (Å²) in [4.78, 5) is 43.8. The highest BCUT2D eigenvalue weighted by atomic mass is 127. The predicted molar refractivity (Wildman–Crippen MR) is 159 cm³/mol. The molecule has 2 aromatic carbocycles. The van der Waals surface area contributed by atoms with Crippen molar-refractivity contribution in [2.24, 2.45) is 5.73 Å². The van der Waals surface area contributed by atoms with Crippen LogP contribution in [0, 0.1) is 34.8 Å². The molecule has 0 heterocycles. The van der Waals surface area contributed by atoms with E-state index in [-0.39, 0.29) is 25.0 Å². The molecule has 0 saturated carbocycles. The van der Waals surface area contributed by atoms with Gasteiger partial charge in [-0.3, -0.25) is 14.4 Å². The monoisotopic (exact) mass is 740 g/mol. The highest BCUT2D eigenvalue weighted by Gasteiger charge is 2.13. The van der Waals surface area contributed by atoms with Crippen LogP contribution >= 0.6 is 45.2 Å². The normalized spacial score (nSPS) is 9.65. The van der Waals surface area contributed by atoms with Gasteiger partial charge in [0.1, 0.15) is 6.54 Å². The van der Waals surface area contributed by atoms with Gasteiger partial charge in [-0.25, -0.2) is 4.79 Å². The molecule has 4 N–H and O–H groups in total. The van der Waals surface area contributed by atoms with Crippen molar-refractivity contribution in [2.45, 2.75) is 41.5 Å². The van der Waals surface area contributed by atoms with Crippen LogP contribution in [0.1, 0.15) is 56.8 Å². The average molecular weight is 740 g/mol. The van der Waals surface area contributed by atoms with Gasteiger partial charge in [-0.15, -0.1) is 0 Å². The van der Waals surface area contributed by atoms with Crippen molar-refractivity contribution in [1.29, 1.82) is 0 Å². The molecule has 0 aliphatic rings. The lowest BCUT2D eigenvalue weighted by Crippen LogP contribution is -2.31. The van der Waals surface area contributed by atoms with Crippen LogP contribution in [0.3, 0.4) is 0 Å². The van der Waals surface area contributed by atoms with Gasteiger partial charge in [0.05, 0.1) is 30.9 Å². The molecular formula is C26H34I2N2O7. The summed E-state index contributed by atoms with van der Waals surface area (Å²) < 4.78 is 10.8. The average Bonchev–Trinajstić information content (AvgIpc) is 2.83. The van der Waals surface area contributed by atoms with E-state index in [9.17, 15) is 19.2 Å². The lowest BCUT2D eigenvalue weighted by molar-refractivity contribution is -0.142. The molecule has 11 heteroatoms. The number of benzene rings is 2. The van der Waals surface area contributed by atoms with Crippen molar-refractivity contribution >= 4 is 69.0 Å². The number of halogens is 2. The fourth-order valence-corrected chi connectivity index (χ4v) is 4.30. The van der Waals surface area contributed by atoms with Crippen LogP contribution in [0.4, 0.5) is 0 Å². The number of esters is 2. The molecule has 0 aliphatic carbocycles. The summed E-state index contributed by atoms with van der Waals surface area (Å²) in [5.74, 6) is -1.88. The van der Waals surface area contributed by atoms with E-state index < -0.39 is 11.9 Å². The molecule has 37 heavy (non-hydrogen) atoms. The van der Waals surface area contributed by atoms with Gasteiger partial charge in [-0.2, -0.15) is 0 Å². The maximum Gasteiger partial charge on any atom is 0.336 e. The van der Waals surface area contributed by atoms with E-state index in [1.807, 2.05) is 68.5 Å². The predicted octanol–water partition coefficient (Wildman–Crippen LogP) is 4.32. The molecular weight excluding hydrogens is 706 g/mol. The number of nitrogens with two attached hydrogens (primary N) is 1. The molecule has 0 aromatic heterocycles. The first-order valence-corrected chi connectivity index (χ1v) is 13.5. The summed E-state index contributed by atoms with van der Waals surface area (Å²) in [6.45, 7) is 11.9. The SMILES string of the molecule is CCOC(=O)CN.CCOC(=O)CNC(=O)c1cc(C)c(C)cc1I.Cc1cc(I)c(C(=O)O)cc1C. The second-order valence-corrected chi connectivity index (χ2v) is 9.96. The number of carboxylic acids is 1. The molecule has 0 atom stereocenters. The van der Waals surface area contributed by atoms with E-state index in [1.165, 1.54) is 0 Å². The minimum Gasteiger partial charge on any atom is -0.478 e. The summed E-state index contributed by atoms with van der Waals surface area (Å²) in [5, 5.41) is 11.3. The first-order chi connectivity index (χ1) is 17.3. The smallest absolute Gasteiger partial charge is 0.336 e. The van der Waals surface area contributed by atoms with Crippen molar-refractivity contribution in [3.63, 3.8) is 0 Å². The molecule has 0 radical (unpaired) electrons. The zero-order valence-corrected chi connectivity index (χ0v) is 26.2. The van der Waals surface area contributed by atoms with Crippen LogP contribution in [-0.2, 0) is 19.1 Å². The molecule has 0 spiro atoms. The van der Waals surface area contributed by atoms with Gasteiger partial charge in [-0.05, 0) is 133 Å². The Labute approximate surface area is 245 Å². The van der Waals surface area contributed by atoms with Crippen LogP contribution in [0.5, 0.6) is 0 Å². The van der Waals surface area contributed by atoms with Gasteiger partial charge in [0.2, 0.25) is 0 Å². The number of aromatic carboxylic acids is 1. The zero-order valence-electron chi connectivity index (χ0n) is 21.9. The first kappa shape index (κ1) is 34.7. The largest absolute Gasteiger partial charge is 0.478 e. The maximum absolute atomic E-state index is 11.9. The minimum absolute atomic E-state index is 0.0200. The standard InChI is InChI=1S/C13H16INO3.C9H9IO2.C4H9NO2/c1-4-18-12(16)7-15-13(17)10-5-8(2)9(3)6-11(10)14;1-5-3-7(9(11)12)8(10)4-6(5)2;1-2-7-4(6)3-5/h5-6H,4,7H2,1-3H3,(H,15,17);3-4H,1-2H3,(H,11,12);2-3,5H2,1H3. The Hall–Kier alpha value is -2.26. The van der Waals surface area contributed by atoms with E-state index in [4.69, 9.17) is 15.6 Å². The highest BCUT2D eigenvalue weighted by Crippen LogP contribution is 2.18. The molecule has 0 fully saturated rings. The van der Waals surface area contributed by atoms with Gasteiger partial charge in [-0.1, -0.05) is 0 Å². The van der Waals surface area contributed by atoms with Crippen molar-refractivity contribution in [3.8, 4) is 0 Å². The summed E-state index contributed by atoms with van der Waals surface area (Å²) in [7, 11) is 0. The number of rotatable bonds is 7. The Morgan fingerprint density at radius 2 is 1.19 bits per heavy atom. The number of nitrogens with one attached hydrogen (secondary N) is 1. The summed E-state index contributed by atoms with van der Waals surface area (Å²) in [6, 6.07) is 7.38. The van der Waals surface area contributed by atoms with Crippen LogP contribution in [0.25, 0.3) is 0 Å². The van der Waals surface area contributed by atoms with E-state index in [2.05, 4.69) is 32.6 Å². The fraction of sp³-hybridized carbons (Fsp3) is 0.385. The van der Waals surface area contributed by atoms with Gasteiger partial charge in [0, 0.05) is 7.14 Å². The third-order valence-electron chi connectivity index (χ3n) is 4.81. The Kier molecular flexibility index (Phi) is 17.0. The second-order valence-electron chi connectivity index (χ2n) is 7.63. The Balaban J connectivity index is 0.000000586.